The number of nitrogens with zero attached hydrogens (tertiary/aromatic N) is 2. The molecule has 0 radical (unpaired) electrons. The number of carbonyl (C=O) groups excluding carboxylic acids is 1. The van der Waals surface area contributed by atoms with Gasteiger partial charge < -0.3 is 5.32 Å². The number of benzene rings is 3. The Hall–Kier alpha value is -3.05. The van der Waals surface area contributed by atoms with Crippen LogP contribution < -0.4 is 5.32 Å². The molecule has 0 aliphatic carbocycles. The first-order valence-electron chi connectivity index (χ1n) is 8.74. The van der Waals surface area contributed by atoms with Crippen LogP contribution in [0.25, 0.3) is 16.5 Å². The van der Waals surface area contributed by atoms with Gasteiger partial charge in [0.15, 0.2) is 0 Å². The van der Waals surface area contributed by atoms with Gasteiger partial charge in [-0.1, -0.05) is 48.5 Å². The van der Waals surface area contributed by atoms with Crippen LogP contribution in [0.3, 0.4) is 0 Å². The molecular formula is C22H19N3OS. The molecule has 134 valence electrons. The minimum Gasteiger partial charge on any atom is -0.325 e. The molecule has 4 aromatic rings. The quantitative estimate of drug-likeness (QED) is 0.523. The van der Waals surface area contributed by atoms with Gasteiger partial charge in [0.2, 0.25) is 5.91 Å². The van der Waals surface area contributed by atoms with Crippen LogP contribution in [0.1, 0.15) is 5.56 Å². The van der Waals surface area contributed by atoms with E-state index in [9.17, 15) is 4.79 Å². The maximum atomic E-state index is 12.3. The number of hydrogen-bond acceptors (Lipinski definition) is 3. The number of fused-ring (bicyclic) bond motifs is 1. The molecule has 0 unspecified atom stereocenters. The van der Waals surface area contributed by atoms with Crippen LogP contribution >= 0.6 is 11.8 Å². The minimum absolute atomic E-state index is 0.0181. The third kappa shape index (κ3) is 4.20. The number of thioether (sulfide) groups is 1. The molecule has 0 bridgehead atoms. The number of rotatable bonds is 6. The van der Waals surface area contributed by atoms with Gasteiger partial charge in [-0.3, -0.25) is 4.79 Å². The Morgan fingerprint density at radius 1 is 0.963 bits per heavy atom. The number of nitrogens with one attached hydrogen (secondary N) is 1. The highest BCUT2D eigenvalue weighted by Gasteiger charge is 2.06. The highest BCUT2D eigenvalue weighted by atomic mass is 32.2. The van der Waals surface area contributed by atoms with Crippen LogP contribution in [-0.2, 0) is 10.5 Å². The van der Waals surface area contributed by atoms with Gasteiger partial charge in [-0.2, -0.15) is 5.10 Å². The smallest absolute Gasteiger partial charge is 0.234 e. The third-order valence-corrected chi connectivity index (χ3v) is 5.27. The lowest BCUT2D eigenvalue weighted by Gasteiger charge is -2.09. The van der Waals surface area contributed by atoms with Crippen molar-refractivity contribution in [3.05, 3.63) is 90.8 Å². The van der Waals surface area contributed by atoms with Crippen LogP contribution in [0.5, 0.6) is 0 Å². The lowest BCUT2D eigenvalue weighted by Crippen LogP contribution is -2.14. The monoisotopic (exact) mass is 373 g/mol. The van der Waals surface area contributed by atoms with E-state index in [0.717, 1.165) is 27.9 Å². The summed E-state index contributed by atoms with van der Waals surface area (Å²) >= 11 is 1.61. The molecular weight excluding hydrogens is 354 g/mol. The first-order chi connectivity index (χ1) is 13.3. The Kier molecular flexibility index (Phi) is 5.21. The van der Waals surface area contributed by atoms with Gasteiger partial charge in [-0.15, -0.1) is 11.8 Å². The van der Waals surface area contributed by atoms with Gasteiger partial charge in [0.05, 0.1) is 11.4 Å². The summed E-state index contributed by atoms with van der Waals surface area (Å²) in [6.45, 7) is 0. The SMILES string of the molecule is O=C(CSCc1ccc(-n2cccn2)cc1)Nc1cccc2ccccc12. The number of aromatic nitrogens is 2. The zero-order chi connectivity index (χ0) is 18.5. The second kappa shape index (κ2) is 8.10. The molecule has 4 nitrogen and oxygen atoms in total. The third-order valence-electron chi connectivity index (χ3n) is 4.27. The van der Waals surface area contributed by atoms with E-state index in [-0.39, 0.29) is 5.91 Å². The van der Waals surface area contributed by atoms with Crippen molar-refractivity contribution < 1.29 is 4.79 Å². The number of carbonyl (C=O) groups is 1. The van der Waals surface area contributed by atoms with Crippen molar-refractivity contribution in [3.63, 3.8) is 0 Å². The van der Waals surface area contributed by atoms with Gasteiger partial charge in [-0.25, -0.2) is 4.68 Å². The molecule has 0 aliphatic heterocycles. The van der Waals surface area contributed by atoms with E-state index < -0.39 is 0 Å². The summed E-state index contributed by atoms with van der Waals surface area (Å²) in [6.07, 6.45) is 3.68. The normalized spacial score (nSPS) is 10.8. The summed E-state index contributed by atoms with van der Waals surface area (Å²) in [7, 11) is 0. The van der Waals surface area contributed by atoms with Crippen LogP contribution in [0.2, 0.25) is 0 Å². The fraction of sp³-hybridized carbons (Fsp3) is 0.0909. The number of amides is 1. The van der Waals surface area contributed by atoms with Gasteiger partial charge >= 0.3 is 0 Å². The largest absolute Gasteiger partial charge is 0.325 e. The van der Waals surface area contributed by atoms with Gasteiger partial charge in [0.25, 0.3) is 0 Å². The minimum atomic E-state index is 0.0181. The Labute approximate surface area is 162 Å². The summed E-state index contributed by atoms with van der Waals surface area (Å²) < 4.78 is 1.83. The molecule has 27 heavy (non-hydrogen) atoms. The molecule has 5 heteroatoms. The molecule has 4 rings (SSSR count). The molecule has 1 N–H and O–H groups in total. The highest BCUT2D eigenvalue weighted by Crippen LogP contribution is 2.23. The molecule has 0 saturated heterocycles. The molecule has 3 aromatic carbocycles. The molecule has 0 aliphatic rings. The first kappa shape index (κ1) is 17.4. The number of anilines is 1. The summed E-state index contributed by atoms with van der Waals surface area (Å²) in [5.74, 6) is 1.23. The van der Waals surface area contributed by atoms with E-state index in [1.54, 1.807) is 18.0 Å². The zero-order valence-electron chi connectivity index (χ0n) is 14.7. The van der Waals surface area contributed by atoms with Gasteiger partial charge in [0.1, 0.15) is 0 Å². The van der Waals surface area contributed by atoms with E-state index in [1.165, 1.54) is 5.56 Å². The van der Waals surface area contributed by atoms with Crippen molar-refractivity contribution in [2.24, 2.45) is 0 Å². The summed E-state index contributed by atoms with van der Waals surface area (Å²) in [5, 5.41) is 9.44. The maximum absolute atomic E-state index is 12.3. The van der Waals surface area contributed by atoms with Crippen LogP contribution in [-0.4, -0.2) is 21.4 Å². The van der Waals surface area contributed by atoms with Crippen LogP contribution in [0.4, 0.5) is 5.69 Å². The van der Waals surface area contributed by atoms with Gasteiger partial charge in [0, 0.05) is 29.2 Å². The Bertz CT molecular complexity index is 1040. The van der Waals surface area contributed by atoms with Crippen molar-refractivity contribution in [1.82, 2.24) is 9.78 Å². The van der Waals surface area contributed by atoms with E-state index in [4.69, 9.17) is 0 Å². The Morgan fingerprint density at radius 3 is 2.59 bits per heavy atom. The molecule has 1 amide bonds. The number of hydrogen-bond donors (Lipinski definition) is 1. The van der Waals surface area contributed by atoms with Crippen molar-refractivity contribution in [2.45, 2.75) is 5.75 Å². The predicted molar refractivity (Wildman–Crippen MR) is 112 cm³/mol. The summed E-state index contributed by atoms with van der Waals surface area (Å²) in [5.41, 5.74) is 3.08. The van der Waals surface area contributed by atoms with Crippen molar-refractivity contribution in [3.8, 4) is 5.69 Å². The molecule has 1 aromatic heterocycles. The fourth-order valence-corrected chi connectivity index (χ4v) is 3.74. The topological polar surface area (TPSA) is 46.9 Å². The van der Waals surface area contributed by atoms with Crippen molar-refractivity contribution in [1.29, 1.82) is 0 Å². The summed E-state index contributed by atoms with van der Waals surface area (Å²) in [4.78, 5) is 12.3. The molecule has 1 heterocycles. The van der Waals surface area contributed by atoms with Gasteiger partial charge in [-0.05, 0) is 35.2 Å². The second-order valence-corrected chi connectivity index (χ2v) is 7.17. The second-order valence-electron chi connectivity index (χ2n) is 6.18. The maximum Gasteiger partial charge on any atom is 0.234 e. The van der Waals surface area contributed by atoms with E-state index in [0.29, 0.717) is 5.75 Å². The van der Waals surface area contributed by atoms with E-state index in [1.807, 2.05) is 71.5 Å². The average molecular weight is 373 g/mol. The molecule has 0 fully saturated rings. The average Bonchev–Trinajstić information content (AvgIpc) is 3.24. The Balaban J connectivity index is 1.32. The van der Waals surface area contributed by atoms with Crippen molar-refractivity contribution >= 4 is 34.1 Å². The molecule has 0 spiro atoms. The highest BCUT2D eigenvalue weighted by molar-refractivity contribution is 7.99. The summed E-state index contributed by atoms with van der Waals surface area (Å²) in [6, 6.07) is 24.2. The van der Waals surface area contributed by atoms with E-state index >= 15 is 0 Å². The predicted octanol–water partition coefficient (Wildman–Crippen LogP) is 4.90. The van der Waals surface area contributed by atoms with Crippen LogP contribution in [0, 0.1) is 0 Å². The Morgan fingerprint density at radius 2 is 1.78 bits per heavy atom. The van der Waals surface area contributed by atoms with E-state index in [2.05, 4.69) is 22.5 Å². The fourth-order valence-electron chi connectivity index (χ4n) is 2.95. The first-order valence-corrected chi connectivity index (χ1v) is 9.89. The van der Waals surface area contributed by atoms with Crippen molar-refractivity contribution in [2.75, 3.05) is 11.1 Å². The standard InChI is InChI=1S/C22H19N3OS/c26-22(24-21-8-3-6-18-5-1-2-7-20(18)21)16-27-15-17-9-11-19(12-10-17)25-14-4-13-23-25/h1-14H,15-16H2,(H,24,26). The molecule has 0 atom stereocenters. The lowest BCUT2D eigenvalue weighted by molar-refractivity contribution is -0.113. The zero-order valence-corrected chi connectivity index (χ0v) is 15.5. The molecule has 0 saturated carbocycles. The lowest BCUT2D eigenvalue weighted by atomic mass is 10.1. The van der Waals surface area contributed by atoms with Crippen LogP contribution in [0.15, 0.2) is 85.2 Å².